The van der Waals surface area contributed by atoms with Gasteiger partial charge in [-0.2, -0.15) is 13.2 Å². The topological polar surface area (TPSA) is 12.0 Å². The second-order valence-electron chi connectivity index (χ2n) is 4.30. The maximum Gasteiger partial charge on any atom is 0.416 e. The van der Waals surface area contributed by atoms with Crippen LogP contribution in [0.2, 0.25) is 15.1 Å². The summed E-state index contributed by atoms with van der Waals surface area (Å²) >= 11 is 17.8. The average molecular weight is 355 g/mol. The summed E-state index contributed by atoms with van der Waals surface area (Å²) in [7, 11) is 0. The van der Waals surface area contributed by atoms with E-state index in [2.05, 4.69) is 5.32 Å². The molecule has 0 aliphatic carbocycles. The number of benzene rings is 2. The van der Waals surface area contributed by atoms with Gasteiger partial charge in [-0.3, -0.25) is 0 Å². The van der Waals surface area contributed by atoms with Crippen molar-refractivity contribution in [2.45, 2.75) is 12.7 Å². The zero-order valence-corrected chi connectivity index (χ0v) is 12.7. The summed E-state index contributed by atoms with van der Waals surface area (Å²) in [6.45, 7) is 0.158. The van der Waals surface area contributed by atoms with Crippen LogP contribution in [0.3, 0.4) is 0 Å². The minimum absolute atomic E-state index is 0.158. The monoisotopic (exact) mass is 353 g/mol. The van der Waals surface area contributed by atoms with Gasteiger partial charge < -0.3 is 5.32 Å². The number of halogens is 6. The molecule has 0 fully saturated rings. The molecule has 0 saturated heterocycles. The first-order valence-corrected chi connectivity index (χ1v) is 6.95. The van der Waals surface area contributed by atoms with Crippen LogP contribution in [-0.4, -0.2) is 0 Å². The van der Waals surface area contributed by atoms with Crippen molar-refractivity contribution in [1.29, 1.82) is 0 Å². The fourth-order valence-corrected chi connectivity index (χ4v) is 2.71. The molecule has 112 valence electrons. The molecular weight excluding hydrogens is 346 g/mol. The van der Waals surface area contributed by atoms with Gasteiger partial charge in [0.15, 0.2) is 0 Å². The SMILES string of the molecule is FC(F)(F)c1cccc(CNc2c(Cl)cc(Cl)cc2Cl)c1. The quantitative estimate of drug-likeness (QED) is 0.684. The van der Waals surface area contributed by atoms with Crippen LogP contribution in [0.1, 0.15) is 11.1 Å². The summed E-state index contributed by atoms with van der Waals surface area (Å²) in [4.78, 5) is 0. The van der Waals surface area contributed by atoms with Crippen molar-refractivity contribution in [3.05, 3.63) is 62.6 Å². The van der Waals surface area contributed by atoms with E-state index in [0.29, 0.717) is 26.3 Å². The molecule has 0 unspecified atom stereocenters. The zero-order valence-electron chi connectivity index (χ0n) is 10.4. The Kier molecular flexibility index (Phi) is 4.91. The van der Waals surface area contributed by atoms with Crippen LogP contribution in [0.5, 0.6) is 0 Å². The van der Waals surface area contributed by atoms with E-state index in [9.17, 15) is 13.2 Å². The minimum Gasteiger partial charge on any atom is -0.379 e. The van der Waals surface area contributed by atoms with Gasteiger partial charge in [-0.1, -0.05) is 46.9 Å². The lowest BCUT2D eigenvalue weighted by Crippen LogP contribution is -2.07. The van der Waals surface area contributed by atoms with E-state index in [4.69, 9.17) is 34.8 Å². The maximum atomic E-state index is 12.6. The molecule has 21 heavy (non-hydrogen) atoms. The van der Waals surface area contributed by atoms with Crippen LogP contribution in [0.4, 0.5) is 18.9 Å². The van der Waals surface area contributed by atoms with Crippen LogP contribution in [0, 0.1) is 0 Å². The lowest BCUT2D eigenvalue weighted by Gasteiger charge is -2.12. The molecule has 0 radical (unpaired) electrons. The third-order valence-corrected chi connectivity index (χ3v) is 3.54. The lowest BCUT2D eigenvalue weighted by atomic mass is 10.1. The summed E-state index contributed by atoms with van der Waals surface area (Å²) in [6.07, 6.45) is -4.37. The Labute approximate surface area is 134 Å². The Hall–Kier alpha value is -1.10. The smallest absolute Gasteiger partial charge is 0.379 e. The van der Waals surface area contributed by atoms with Gasteiger partial charge in [-0.05, 0) is 29.8 Å². The average Bonchev–Trinajstić information content (AvgIpc) is 2.36. The maximum absolute atomic E-state index is 12.6. The zero-order chi connectivity index (χ0) is 15.6. The predicted molar refractivity (Wildman–Crippen MR) is 80.2 cm³/mol. The number of nitrogens with one attached hydrogen (secondary N) is 1. The molecule has 0 saturated carbocycles. The Bertz CT molecular complexity index is 633. The van der Waals surface area contributed by atoms with Gasteiger partial charge in [-0.25, -0.2) is 0 Å². The van der Waals surface area contributed by atoms with E-state index in [1.165, 1.54) is 18.2 Å². The second-order valence-corrected chi connectivity index (χ2v) is 5.55. The van der Waals surface area contributed by atoms with E-state index in [1.807, 2.05) is 0 Å². The molecule has 2 aromatic rings. The van der Waals surface area contributed by atoms with Gasteiger partial charge in [0.25, 0.3) is 0 Å². The molecule has 0 aliphatic heterocycles. The standard InChI is InChI=1S/C14H9Cl3F3N/c15-10-5-11(16)13(12(17)6-10)21-7-8-2-1-3-9(4-8)14(18,19)20/h1-6,21H,7H2. The normalized spacial score (nSPS) is 11.5. The van der Waals surface area contributed by atoms with Crippen LogP contribution < -0.4 is 5.32 Å². The summed E-state index contributed by atoms with van der Waals surface area (Å²) in [5, 5.41) is 3.91. The Balaban J connectivity index is 2.18. The molecule has 0 spiro atoms. The van der Waals surface area contributed by atoms with Gasteiger partial charge in [-0.15, -0.1) is 0 Å². The van der Waals surface area contributed by atoms with Gasteiger partial charge in [0.05, 0.1) is 21.3 Å². The van der Waals surface area contributed by atoms with Gasteiger partial charge >= 0.3 is 6.18 Å². The number of anilines is 1. The highest BCUT2D eigenvalue weighted by Gasteiger charge is 2.30. The molecule has 1 N–H and O–H groups in total. The summed E-state index contributed by atoms with van der Waals surface area (Å²) in [5.41, 5.74) is 0.196. The van der Waals surface area contributed by atoms with Crippen LogP contribution in [0.15, 0.2) is 36.4 Å². The number of alkyl halides is 3. The fraction of sp³-hybridized carbons (Fsp3) is 0.143. The van der Waals surface area contributed by atoms with E-state index in [0.717, 1.165) is 12.1 Å². The van der Waals surface area contributed by atoms with E-state index < -0.39 is 11.7 Å². The summed E-state index contributed by atoms with van der Waals surface area (Å²) < 4.78 is 37.9. The number of hydrogen-bond acceptors (Lipinski definition) is 1. The predicted octanol–water partition coefficient (Wildman–Crippen LogP) is 6.28. The molecule has 2 aromatic carbocycles. The molecule has 0 aliphatic rings. The van der Waals surface area contributed by atoms with Crippen molar-refractivity contribution in [1.82, 2.24) is 0 Å². The van der Waals surface area contributed by atoms with Crippen molar-refractivity contribution in [2.24, 2.45) is 0 Å². The van der Waals surface area contributed by atoms with Crippen molar-refractivity contribution >= 4 is 40.5 Å². The highest BCUT2D eigenvalue weighted by atomic mass is 35.5. The van der Waals surface area contributed by atoms with Gasteiger partial charge in [0, 0.05) is 11.6 Å². The van der Waals surface area contributed by atoms with Crippen molar-refractivity contribution in [3.8, 4) is 0 Å². The van der Waals surface area contributed by atoms with E-state index >= 15 is 0 Å². The van der Waals surface area contributed by atoms with Crippen molar-refractivity contribution in [2.75, 3.05) is 5.32 Å². The molecule has 0 bridgehead atoms. The Morgan fingerprint density at radius 3 is 2.14 bits per heavy atom. The first-order chi connectivity index (χ1) is 9.77. The van der Waals surface area contributed by atoms with Crippen molar-refractivity contribution in [3.63, 3.8) is 0 Å². The summed E-state index contributed by atoms with van der Waals surface area (Å²) in [5.74, 6) is 0. The Morgan fingerprint density at radius 1 is 0.952 bits per heavy atom. The van der Waals surface area contributed by atoms with E-state index in [1.54, 1.807) is 6.07 Å². The largest absolute Gasteiger partial charge is 0.416 e. The van der Waals surface area contributed by atoms with Crippen LogP contribution in [0.25, 0.3) is 0 Å². The molecule has 0 heterocycles. The van der Waals surface area contributed by atoms with Crippen LogP contribution >= 0.6 is 34.8 Å². The molecule has 2 rings (SSSR count). The highest BCUT2D eigenvalue weighted by molar-refractivity contribution is 6.41. The molecule has 7 heteroatoms. The lowest BCUT2D eigenvalue weighted by molar-refractivity contribution is -0.137. The fourth-order valence-electron chi connectivity index (χ4n) is 1.76. The molecule has 0 atom stereocenters. The van der Waals surface area contributed by atoms with Crippen LogP contribution in [-0.2, 0) is 12.7 Å². The summed E-state index contributed by atoms with van der Waals surface area (Å²) in [6, 6.07) is 8.04. The third-order valence-electron chi connectivity index (χ3n) is 2.73. The van der Waals surface area contributed by atoms with E-state index in [-0.39, 0.29) is 6.54 Å². The number of rotatable bonds is 3. The molecule has 1 nitrogen and oxygen atoms in total. The van der Waals surface area contributed by atoms with Gasteiger partial charge in [0.1, 0.15) is 0 Å². The first-order valence-electron chi connectivity index (χ1n) is 5.82. The molecule has 0 aromatic heterocycles. The molecular formula is C14H9Cl3F3N. The Morgan fingerprint density at radius 2 is 1.57 bits per heavy atom. The highest BCUT2D eigenvalue weighted by Crippen LogP contribution is 2.34. The first kappa shape index (κ1) is 16.3. The second kappa shape index (κ2) is 6.34. The van der Waals surface area contributed by atoms with Gasteiger partial charge in [0.2, 0.25) is 0 Å². The third kappa shape index (κ3) is 4.19. The van der Waals surface area contributed by atoms with Crippen molar-refractivity contribution < 1.29 is 13.2 Å². The minimum atomic E-state index is -4.37. The number of hydrogen-bond donors (Lipinski definition) is 1. The molecule has 0 amide bonds.